The maximum atomic E-state index is 4.90. The van der Waals surface area contributed by atoms with Gasteiger partial charge in [0.1, 0.15) is 0 Å². The van der Waals surface area contributed by atoms with Gasteiger partial charge in [-0.1, -0.05) is 237 Å². The van der Waals surface area contributed by atoms with Gasteiger partial charge >= 0.3 is 0 Å². The highest BCUT2D eigenvalue weighted by atomic mass is 28.3. The van der Waals surface area contributed by atoms with Crippen LogP contribution in [0.15, 0.2) is 297 Å². The number of anilines is 2. The topological polar surface area (TPSA) is 24.0 Å². The molecule has 2 unspecified atom stereocenters. The smallest absolute Gasteiger partial charge is 0.178 e. The number of rotatable bonds is 15. The third-order valence-corrected chi connectivity index (χ3v) is 20.2. The summed E-state index contributed by atoms with van der Waals surface area (Å²) in [5.74, 6) is 0.480. The van der Waals surface area contributed by atoms with Crippen molar-refractivity contribution in [2.45, 2.75) is 24.7 Å². The number of H-pyrrole nitrogens is 1. The molecule has 0 aliphatic heterocycles. The van der Waals surface area contributed by atoms with Crippen LogP contribution in [0.5, 0.6) is 0 Å². The lowest BCUT2D eigenvalue weighted by Crippen LogP contribution is -2.61. The summed E-state index contributed by atoms with van der Waals surface area (Å²) in [4.78, 5) is 6.05. The van der Waals surface area contributed by atoms with Gasteiger partial charge in [0, 0.05) is 61.5 Å². The third kappa shape index (κ3) is 8.63. The fourth-order valence-corrected chi connectivity index (χ4v) is 16.1. The number of fused-ring (bicyclic) bond motifs is 6. The normalized spacial score (nSPS) is 15.2. The number of hydrogen-bond acceptors (Lipinski definition) is 1. The van der Waals surface area contributed by atoms with Crippen LogP contribution in [0.2, 0.25) is 0 Å². The molecule has 1 N–H and O–H groups in total. The van der Waals surface area contributed by atoms with Crippen LogP contribution < -0.4 is 25.8 Å². The van der Waals surface area contributed by atoms with Crippen LogP contribution in [-0.4, -0.2) is 17.6 Å². The fraction of sp³-hybridized carbons (Fsp3) is 0.0556. The van der Waals surface area contributed by atoms with E-state index in [4.69, 9.17) is 19.7 Å². The minimum atomic E-state index is -2.92. The standard InChI is InChI=1S/C72H59N3Si/c1-5-6-23-52(3)76(62-28-15-9-16-29-62,63-30-17-10-18-31-63)53(4)37-36-51(2)74(60-43-38-54(39-44-60)57-42-47-66-65-33-20-22-35-70(65)75(71(66)50-57)59-26-13-8-14-27-59)61-45-40-55(41-46-61)58-48-67(56-24-11-7-12-25-56)72-68(49-58)64-32-19-21-34-69(64)73-72/h5-24,26-41,43-50,56-57,73H,1-4,25,42H2/b23-6-,37-36-. The Bertz CT molecular complexity index is 4070. The first-order valence-electron chi connectivity index (χ1n) is 26.3. The van der Waals surface area contributed by atoms with Gasteiger partial charge < -0.3 is 14.5 Å². The van der Waals surface area contributed by atoms with Crippen LogP contribution in [-0.2, 0) is 0 Å². The molecule has 0 spiro atoms. The van der Waals surface area contributed by atoms with Gasteiger partial charge in [0.25, 0.3) is 0 Å². The first-order valence-corrected chi connectivity index (χ1v) is 28.3. The Morgan fingerprint density at radius 2 is 1.21 bits per heavy atom. The average Bonchev–Trinajstić information content (AvgIpc) is 4.09. The molecule has 10 aromatic rings. The van der Waals surface area contributed by atoms with Gasteiger partial charge in [0.2, 0.25) is 0 Å². The predicted octanol–water partition coefficient (Wildman–Crippen LogP) is 15.7. The summed E-state index contributed by atoms with van der Waals surface area (Å²) in [5, 5.41) is 10.7. The van der Waals surface area contributed by atoms with Crippen molar-refractivity contribution in [2.24, 2.45) is 0 Å². The molecule has 366 valence electrons. The largest absolute Gasteiger partial charge is 0.354 e. The molecular weight excluding hydrogens is 935 g/mol. The van der Waals surface area contributed by atoms with Crippen LogP contribution in [0, 0.1) is 0 Å². The number of para-hydroxylation sites is 3. The number of nitrogens with one attached hydrogen (secondary N) is 1. The molecule has 8 aromatic carbocycles. The number of nitrogens with zero attached hydrogens (tertiary/aromatic N) is 2. The van der Waals surface area contributed by atoms with Gasteiger partial charge in [0.15, 0.2) is 8.07 Å². The monoisotopic (exact) mass is 993 g/mol. The summed E-state index contributed by atoms with van der Waals surface area (Å²) < 4.78 is 2.42. The molecular formula is C72H59N3Si. The van der Waals surface area contributed by atoms with E-state index < -0.39 is 8.07 Å². The molecule has 4 heteroatoms. The van der Waals surface area contributed by atoms with E-state index in [0.717, 1.165) is 51.4 Å². The zero-order chi connectivity index (χ0) is 51.6. The van der Waals surface area contributed by atoms with E-state index in [1.807, 2.05) is 12.2 Å². The fourth-order valence-electron chi connectivity index (χ4n) is 11.9. The van der Waals surface area contributed by atoms with Gasteiger partial charge in [-0.3, -0.25) is 0 Å². The molecule has 12 rings (SSSR count). The SMILES string of the molecule is C=C/C=C\C(=C)[Si](C(=C)/C=C\C(=C)N(c1ccc(-c2cc(C3C=CC=CC3)c3[nH]c4ccccc4c3c2)cc1)c1ccc(C2C=c3c(c4ccccc4n3-c3ccccc3)=CC2)cc1)(c1ccccc1)c1ccccc1. The number of aromatic nitrogens is 2. The Balaban J connectivity index is 0.947. The van der Waals surface area contributed by atoms with Crippen molar-refractivity contribution in [2.75, 3.05) is 4.90 Å². The lowest BCUT2D eigenvalue weighted by Gasteiger charge is -2.35. The molecule has 2 aromatic heterocycles. The Hall–Kier alpha value is -9.22. The average molecular weight is 994 g/mol. The molecule has 0 saturated carbocycles. The van der Waals surface area contributed by atoms with Crippen LogP contribution in [0.4, 0.5) is 11.4 Å². The van der Waals surface area contributed by atoms with Crippen molar-refractivity contribution < 1.29 is 0 Å². The second-order valence-corrected chi connectivity index (χ2v) is 23.9. The van der Waals surface area contributed by atoms with Crippen molar-refractivity contribution in [1.29, 1.82) is 0 Å². The van der Waals surface area contributed by atoms with E-state index in [2.05, 4.69) is 276 Å². The Kier molecular flexibility index (Phi) is 12.9. The highest BCUT2D eigenvalue weighted by molar-refractivity contribution is 7.13. The number of hydrogen-bond donors (Lipinski definition) is 1. The number of benzene rings is 8. The van der Waals surface area contributed by atoms with E-state index in [9.17, 15) is 0 Å². The lowest BCUT2D eigenvalue weighted by molar-refractivity contribution is 0.860. The van der Waals surface area contributed by atoms with E-state index in [1.165, 1.54) is 70.5 Å². The van der Waals surface area contributed by atoms with Crippen LogP contribution >= 0.6 is 0 Å². The van der Waals surface area contributed by atoms with E-state index in [0.29, 0.717) is 0 Å². The molecule has 2 atom stereocenters. The molecule has 3 nitrogen and oxygen atoms in total. The highest BCUT2D eigenvalue weighted by Crippen LogP contribution is 2.40. The molecule has 0 radical (unpaired) electrons. The Morgan fingerprint density at radius 1 is 0.579 bits per heavy atom. The zero-order valence-corrected chi connectivity index (χ0v) is 43.7. The van der Waals surface area contributed by atoms with Gasteiger partial charge in [-0.15, -0.1) is 0 Å². The van der Waals surface area contributed by atoms with E-state index in [1.54, 1.807) is 0 Å². The number of allylic oxidation sites excluding steroid dienone is 11. The second kappa shape index (κ2) is 20.6. The molecule has 2 aliphatic carbocycles. The second-order valence-electron chi connectivity index (χ2n) is 19.9. The molecule has 2 heterocycles. The highest BCUT2D eigenvalue weighted by Gasteiger charge is 2.41. The summed E-state index contributed by atoms with van der Waals surface area (Å²) in [7, 11) is -2.92. The van der Waals surface area contributed by atoms with Crippen molar-refractivity contribution in [3.8, 4) is 16.8 Å². The van der Waals surface area contributed by atoms with Gasteiger partial charge in [-0.05, 0) is 112 Å². The molecule has 0 amide bonds. The van der Waals surface area contributed by atoms with Crippen molar-refractivity contribution >= 4 is 74.7 Å². The van der Waals surface area contributed by atoms with Gasteiger partial charge in [-0.2, -0.15) is 0 Å². The number of aromatic amines is 1. The van der Waals surface area contributed by atoms with E-state index in [-0.39, 0.29) is 11.8 Å². The maximum absolute atomic E-state index is 4.90. The molecule has 2 aliphatic rings. The van der Waals surface area contributed by atoms with E-state index >= 15 is 0 Å². The van der Waals surface area contributed by atoms with Gasteiger partial charge in [-0.25, -0.2) is 0 Å². The maximum Gasteiger partial charge on any atom is 0.178 e. The van der Waals surface area contributed by atoms with Crippen molar-refractivity contribution in [3.05, 3.63) is 319 Å². The lowest BCUT2D eigenvalue weighted by atomic mass is 9.88. The Labute approximate surface area is 447 Å². The quantitative estimate of drug-likeness (QED) is 0.0803. The minimum absolute atomic E-state index is 0.198. The summed E-state index contributed by atoms with van der Waals surface area (Å²) in [6.07, 6.45) is 25.9. The van der Waals surface area contributed by atoms with Crippen molar-refractivity contribution in [1.82, 2.24) is 9.55 Å². The summed E-state index contributed by atoms with van der Waals surface area (Å²) in [5.41, 5.74) is 12.5. The summed E-state index contributed by atoms with van der Waals surface area (Å²) in [6.45, 7) is 18.5. The predicted molar refractivity (Wildman–Crippen MR) is 328 cm³/mol. The summed E-state index contributed by atoms with van der Waals surface area (Å²) in [6, 6.07) is 72.5. The Morgan fingerprint density at radius 3 is 1.89 bits per heavy atom. The first-order chi connectivity index (χ1) is 37.4. The minimum Gasteiger partial charge on any atom is -0.354 e. The third-order valence-electron chi connectivity index (χ3n) is 15.5. The summed E-state index contributed by atoms with van der Waals surface area (Å²) >= 11 is 0. The van der Waals surface area contributed by atoms with Gasteiger partial charge in [0.05, 0.1) is 16.4 Å². The molecule has 0 saturated heterocycles. The van der Waals surface area contributed by atoms with Crippen molar-refractivity contribution in [3.63, 3.8) is 0 Å². The van der Waals surface area contributed by atoms with Crippen LogP contribution in [0.1, 0.15) is 35.8 Å². The molecule has 0 fully saturated rings. The molecule has 76 heavy (non-hydrogen) atoms. The zero-order valence-electron chi connectivity index (χ0n) is 42.7. The first kappa shape index (κ1) is 47.8. The molecule has 0 bridgehead atoms. The van der Waals surface area contributed by atoms with Crippen LogP contribution in [0.25, 0.3) is 61.7 Å². The van der Waals surface area contributed by atoms with Crippen LogP contribution in [0.3, 0.4) is 0 Å².